The lowest BCUT2D eigenvalue weighted by Gasteiger charge is -2.23. The Morgan fingerprint density at radius 1 is 1.22 bits per heavy atom. The summed E-state index contributed by atoms with van der Waals surface area (Å²) in [5.41, 5.74) is 2.48. The second kappa shape index (κ2) is 6.95. The van der Waals surface area contributed by atoms with E-state index in [2.05, 4.69) is 15.6 Å². The number of fused-ring (bicyclic) bond motifs is 1. The number of hydrogen-bond acceptors (Lipinski definition) is 5. The number of hydrogen-bond donors (Lipinski definition) is 2. The summed E-state index contributed by atoms with van der Waals surface area (Å²) in [7, 11) is 0. The lowest BCUT2D eigenvalue weighted by Crippen LogP contribution is -2.34. The number of ether oxygens (including phenoxy) is 1. The first-order valence-electron chi connectivity index (χ1n) is 8.50. The molecule has 0 saturated carbocycles. The lowest BCUT2D eigenvalue weighted by molar-refractivity contribution is -0.122. The number of aromatic nitrogens is 1. The molecule has 7 nitrogen and oxygen atoms in total. The Bertz CT molecular complexity index is 997. The molecule has 0 radical (unpaired) electrons. The average Bonchev–Trinajstić information content (AvgIpc) is 3.12. The molecule has 2 N–H and O–H groups in total. The van der Waals surface area contributed by atoms with Gasteiger partial charge in [0, 0.05) is 11.3 Å². The van der Waals surface area contributed by atoms with Crippen molar-refractivity contribution in [1.29, 1.82) is 0 Å². The highest BCUT2D eigenvalue weighted by atomic mass is 16.5. The Morgan fingerprint density at radius 3 is 2.85 bits per heavy atom. The van der Waals surface area contributed by atoms with Gasteiger partial charge in [0.25, 0.3) is 5.91 Å². The van der Waals surface area contributed by atoms with Crippen molar-refractivity contribution >= 4 is 23.2 Å². The van der Waals surface area contributed by atoms with E-state index in [1.807, 2.05) is 30.3 Å². The van der Waals surface area contributed by atoms with Gasteiger partial charge in [0.05, 0.1) is 17.8 Å². The van der Waals surface area contributed by atoms with Gasteiger partial charge in [0.2, 0.25) is 11.8 Å². The van der Waals surface area contributed by atoms with Crippen LogP contribution in [0.5, 0.6) is 5.75 Å². The molecule has 2 aromatic carbocycles. The van der Waals surface area contributed by atoms with Crippen molar-refractivity contribution in [3.05, 3.63) is 60.5 Å². The molecule has 3 aromatic rings. The number of oxazole rings is 1. The van der Waals surface area contributed by atoms with Gasteiger partial charge >= 0.3 is 0 Å². The van der Waals surface area contributed by atoms with Gasteiger partial charge in [-0.05, 0) is 37.3 Å². The summed E-state index contributed by atoms with van der Waals surface area (Å²) < 4.78 is 10.9. The first-order chi connectivity index (χ1) is 13.1. The number of amides is 2. The standard InChI is InChI=1S/C20H17N3O4/c1-12-19(25)23-16-9-14(7-8-17(16)27-12)21-18(24)10-15-11-26-20(22-15)13-5-3-2-4-6-13/h2-9,11-12H,10H2,1H3,(H,21,24)(H,23,25). The molecular formula is C20H17N3O4. The molecule has 1 atom stereocenters. The van der Waals surface area contributed by atoms with Crippen LogP contribution in [0.4, 0.5) is 11.4 Å². The number of carbonyl (C=O) groups excluding carboxylic acids is 2. The fourth-order valence-corrected chi connectivity index (χ4v) is 2.76. The fraction of sp³-hybridized carbons (Fsp3) is 0.150. The van der Waals surface area contributed by atoms with Gasteiger partial charge in [-0.25, -0.2) is 4.98 Å². The molecule has 0 saturated heterocycles. The van der Waals surface area contributed by atoms with E-state index in [1.165, 1.54) is 6.26 Å². The number of rotatable bonds is 4. The van der Waals surface area contributed by atoms with Crippen LogP contribution in [-0.4, -0.2) is 22.9 Å². The highest BCUT2D eigenvalue weighted by molar-refractivity contribution is 5.99. The molecule has 0 aliphatic carbocycles. The van der Waals surface area contributed by atoms with E-state index in [-0.39, 0.29) is 18.2 Å². The molecule has 27 heavy (non-hydrogen) atoms. The fourth-order valence-electron chi connectivity index (χ4n) is 2.76. The third-order valence-corrected chi connectivity index (χ3v) is 4.11. The zero-order valence-electron chi connectivity index (χ0n) is 14.6. The van der Waals surface area contributed by atoms with Crippen molar-refractivity contribution < 1.29 is 18.7 Å². The Hall–Kier alpha value is -3.61. The zero-order valence-corrected chi connectivity index (χ0v) is 14.6. The Balaban J connectivity index is 1.42. The molecule has 0 fully saturated rings. The molecule has 1 aliphatic heterocycles. The molecule has 2 amide bonds. The highest BCUT2D eigenvalue weighted by Gasteiger charge is 2.23. The summed E-state index contributed by atoms with van der Waals surface area (Å²) in [5, 5.41) is 5.54. The van der Waals surface area contributed by atoms with Gasteiger partial charge in [-0.3, -0.25) is 9.59 Å². The van der Waals surface area contributed by atoms with Crippen LogP contribution in [-0.2, 0) is 16.0 Å². The van der Waals surface area contributed by atoms with Gasteiger partial charge < -0.3 is 19.8 Å². The molecule has 0 spiro atoms. The molecule has 1 unspecified atom stereocenters. The van der Waals surface area contributed by atoms with Crippen LogP contribution in [0.2, 0.25) is 0 Å². The van der Waals surface area contributed by atoms with Gasteiger partial charge in [-0.2, -0.15) is 0 Å². The maximum absolute atomic E-state index is 12.3. The van der Waals surface area contributed by atoms with Crippen molar-refractivity contribution in [1.82, 2.24) is 4.98 Å². The van der Waals surface area contributed by atoms with Gasteiger partial charge in [0.1, 0.15) is 12.0 Å². The molecule has 2 heterocycles. The summed E-state index contributed by atoms with van der Waals surface area (Å²) in [6.45, 7) is 1.68. The smallest absolute Gasteiger partial charge is 0.265 e. The second-order valence-corrected chi connectivity index (χ2v) is 6.20. The minimum Gasteiger partial charge on any atom is -0.479 e. The highest BCUT2D eigenvalue weighted by Crippen LogP contribution is 2.32. The van der Waals surface area contributed by atoms with Crippen LogP contribution in [0.25, 0.3) is 11.5 Å². The first kappa shape index (κ1) is 16.8. The molecular weight excluding hydrogens is 346 g/mol. The number of nitrogens with one attached hydrogen (secondary N) is 2. The SMILES string of the molecule is CC1Oc2ccc(NC(=O)Cc3coc(-c4ccccc4)n3)cc2NC1=O. The molecule has 0 bridgehead atoms. The van der Waals surface area contributed by atoms with Crippen molar-refractivity contribution in [3.8, 4) is 17.2 Å². The first-order valence-corrected chi connectivity index (χ1v) is 8.50. The van der Waals surface area contributed by atoms with Crippen LogP contribution < -0.4 is 15.4 Å². The van der Waals surface area contributed by atoms with E-state index in [0.717, 1.165) is 5.56 Å². The number of anilines is 2. The van der Waals surface area contributed by atoms with Crippen molar-refractivity contribution in [2.24, 2.45) is 0 Å². The van der Waals surface area contributed by atoms with Crippen LogP contribution in [0.1, 0.15) is 12.6 Å². The van der Waals surface area contributed by atoms with E-state index in [0.29, 0.717) is 28.7 Å². The van der Waals surface area contributed by atoms with Crippen molar-refractivity contribution in [3.63, 3.8) is 0 Å². The molecule has 4 rings (SSSR count). The summed E-state index contributed by atoms with van der Waals surface area (Å²) in [6, 6.07) is 14.6. The van der Waals surface area contributed by atoms with Crippen molar-refractivity contribution in [2.45, 2.75) is 19.4 Å². The Labute approximate surface area is 155 Å². The van der Waals surface area contributed by atoms with E-state index in [9.17, 15) is 9.59 Å². The summed E-state index contributed by atoms with van der Waals surface area (Å²) >= 11 is 0. The predicted octanol–water partition coefficient (Wildman–Crippen LogP) is 3.24. The molecule has 7 heteroatoms. The van der Waals surface area contributed by atoms with E-state index >= 15 is 0 Å². The van der Waals surface area contributed by atoms with Gasteiger partial charge in [0.15, 0.2) is 6.10 Å². The summed E-state index contributed by atoms with van der Waals surface area (Å²) in [5.74, 6) is 0.589. The molecule has 136 valence electrons. The van der Waals surface area contributed by atoms with E-state index in [4.69, 9.17) is 9.15 Å². The van der Waals surface area contributed by atoms with Crippen LogP contribution >= 0.6 is 0 Å². The zero-order chi connectivity index (χ0) is 18.8. The van der Waals surface area contributed by atoms with Gasteiger partial charge in [-0.1, -0.05) is 18.2 Å². The average molecular weight is 363 g/mol. The number of nitrogens with zero attached hydrogens (tertiary/aromatic N) is 1. The minimum atomic E-state index is -0.538. The van der Waals surface area contributed by atoms with Gasteiger partial charge in [-0.15, -0.1) is 0 Å². The largest absolute Gasteiger partial charge is 0.479 e. The molecule has 1 aromatic heterocycles. The summed E-state index contributed by atoms with van der Waals surface area (Å²) in [6.07, 6.45) is 1.02. The quantitative estimate of drug-likeness (QED) is 0.742. The van der Waals surface area contributed by atoms with Crippen molar-refractivity contribution in [2.75, 3.05) is 10.6 Å². The minimum absolute atomic E-state index is 0.0767. The third kappa shape index (κ3) is 3.67. The van der Waals surface area contributed by atoms with E-state index in [1.54, 1.807) is 25.1 Å². The monoisotopic (exact) mass is 363 g/mol. The predicted molar refractivity (Wildman–Crippen MR) is 99.4 cm³/mol. The Kier molecular flexibility index (Phi) is 4.33. The Morgan fingerprint density at radius 2 is 2.04 bits per heavy atom. The topological polar surface area (TPSA) is 93.5 Å². The molecule has 1 aliphatic rings. The lowest BCUT2D eigenvalue weighted by atomic mass is 10.2. The van der Waals surface area contributed by atoms with Crippen LogP contribution in [0.15, 0.2) is 59.2 Å². The van der Waals surface area contributed by atoms with Crippen LogP contribution in [0.3, 0.4) is 0 Å². The van der Waals surface area contributed by atoms with E-state index < -0.39 is 6.10 Å². The number of benzene rings is 2. The summed E-state index contributed by atoms with van der Waals surface area (Å²) in [4.78, 5) is 28.4. The number of carbonyl (C=O) groups is 2. The maximum Gasteiger partial charge on any atom is 0.265 e. The third-order valence-electron chi connectivity index (χ3n) is 4.11. The normalized spacial score (nSPS) is 15.4. The van der Waals surface area contributed by atoms with Crippen LogP contribution in [0, 0.1) is 0 Å². The maximum atomic E-state index is 12.3. The second-order valence-electron chi connectivity index (χ2n) is 6.20.